The summed E-state index contributed by atoms with van der Waals surface area (Å²) in [5, 5.41) is 25.5. The van der Waals surface area contributed by atoms with Gasteiger partial charge in [0, 0.05) is 0 Å². The number of hydrogen-bond acceptors (Lipinski definition) is 4. The third kappa shape index (κ3) is 2.03. The summed E-state index contributed by atoms with van der Waals surface area (Å²) in [4.78, 5) is 21.7. The second-order valence-electron chi connectivity index (χ2n) is 3.38. The van der Waals surface area contributed by atoms with Crippen molar-refractivity contribution in [2.24, 2.45) is 0 Å². The third-order valence-electron chi connectivity index (χ3n) is 2.24. The molecule has 0 fully saturated rings. The summed E-state index contributed by atoms with van der Waals surface area (Å²) in [5.41, 5.74) is 0.0485. The lowest BCUT2D eigenvalue weighted by Crippen LogP contribution is -2.19. The molecule has 18 heavy (non-hydrogen) atoms. The average molecular weight is 264 g/mol. The Balaban J connectivity index is 2.80. The lowest BCUT2D eigenvalue weighted by molar-refractivity contribution is -0.133. The van der Waals surface area contributed by atoms with Crippen molar-refractivity contribution in [2.75, 3.05) is 0 Å². The Labute approximate surface area is 105 Å². The van der Waals surface area contributed by atoms with E-state index >= 15 is 0 Å². The average Bonchev–Trinajstić information content (AvgIpc) is 2.61. The Morgan fingerprint density at radius 1 is 1.28 bits per heavy atom. The van der Waals surface area contributed by atoms with E-state index in [1.165, 1.54) is 0 Å². The Morgan fingerprint density at radius 3 is 2.56 bits per heavy atom. The van der Waals surface area contributed by atoms with Gasteiger partial charge in [-0.2, -0.15) is 0 Å². The van der Waals surface area contributed by atoms with Crippen molar-refractivity contribution in [1.29, 1.82) is 5.41 Å². The van der Waals surface area contributed by atoms with E-state index < -0.39 is 17.6 Å². The third-order valence-corrected chi connectivity index (χ3v) is 3.18. The molecule has 1 aromatic heterocycles. The summed E-state index contributed by atoms with van der Waals surface area (Å²) in [6.45, 7) is 0. The van der Waals surface area contributed by atoms with Crippen molar-refractivity contribution in [3.05, 3.63) is 35.1 Å². The van der Waals surface area contributed by atoms with E-state index in [9.17, 15) is 9.59 Å². The number of carbonyl (C=O) groups is 2. The maximum atomic E-state index is 11.1. The first kappa shape index (κ1) is 12.1. The standard InChI is InChI=1S/C11H8N2O4S/c12-11-13(7(10(16)17)5-9(14)15)6-3-1-2-4-8(6)18-11/h1-5,12H,(H,14,15)(H,16,17)/b7-5+,12-11?. The van der Waals surface area contributed by atoms with Crippen LogP contribution in [0.4, 0.5) is 0 Å². The molecule has 92 valence electrons. The molecule has 0 atom stereocenters. The molecule has 0 saturated carbocycles. The lowest BCUT2D eigenvalue weighted by Gasteiger charge is -2.04. The summed E-state index contributed by atoms with van der Waals surface area (Å²) >= 11 is 1.08. The first-order valence-electron chi connectivity index (χ1n) is 4.84. The van der Waals surface area contributed by atoms with Crippen LogP contribution in [0.25, 0.3) is 15.9 Å². The van der Waals surface area contributed by atoms with Crippen molar-refractivity contribution in [3.63, 3.8) is 0 Å². The fraction of sp³-hybridized carbons (Fsp3) is 0. The van der Waals surface area contributed by atoms with Gasteiger partial charge >= 0.3 is 11.9 Å². The highest BCUT2D eigenvalue weighted by Gasteiger charge is 2.16. The molecular formula is C11H8N2O4S. The van der Waals surface area contributed by atoms with E-state index in [0.717, 1.165) is 20.6 Å². The van der Waals surface area contributed by atoms with Gasteiger partial charge in [-0.05, 0) is 12.1 Å². The fourth-order valence-corrected chi connectivity index (χ4v) is 2.47. The second-order valence-corrected chi connectivity index (χ2v) is 4.41. The molecule has 0 aliphatic rings. The Bertz CT molecular complexity index is 726. The van der Waals surface area contributed by atoms with Crippen molar-refractivity contribution in [1.82, 2.24) is 4.57 Å². The summed E-state index contributed by atoms with van der Waals surface area (Å²) in [6.07, 6.45) is 0.583. The molecular weight excluding hydrogens is 256 g/mol. The van der Waals surface area contributed by atoms with Crippen LogP contribution in [-0.2, 0) is 9.59 Å². The van der Waals surface area contributed by atoms with E-state index in [1.54, 1.807) is 24.3 Å². The van der Waals surface area contributed by atoms with Crippen LogP contribution < -0.4 is 4.80 Å². The number of aliphatic carboxylic acids is 2. The molecule has 2 aromatic rings. The van der Waals surface area contributed by atoms with Crippen LogP contribution in [0.3, 0.4) is 0 Å². The summed E-state index contributed by atoms with van der Waals surface area (Å²) < 4.78 is 1.83. The van der Waals surface area contributed by atoms with Crippen molar-refractivity contribution in [2.45, 2.75) is 0 Å². The molecule has 7 heteroatoms. The first-order chi connectivity index (χ1) is 8.50. The van der Waals surface area contributed by atoms with E-state index in [4.69, 9.17) is 15.6 Å². The summed E-state index contributed by atoms with van der Waals surface area (Å²) in [7, 11) is 0. The van der Waals surface area contributed by atoms with Gasteiger partial charge in [-0.3, -0.25) is 9.98 Å². The zero-order valence-corrected chi connectivity index (χ0v) is 9.77. The highest BCUT2D eigenvalue weighted by molar-refractivity contribution is 7.16. The number of carboxylic acids is 2. The molecule has 0 aliphatic heterocycles. The fourth-order valence-electron chi connectivity index (χ4n) is 1.57. The number of thiazole rings is 1. The zero-order chi connectivity index (χ0) is 13.3. The molecule has 0 aliphatic carbocycles. The molecule has 1 aromatic carbocycles. The molecule has 0 radical (unpaired) electrons. The highest BCUT2D eigenvalue weighted by atomic mass is 32.1. The number of fused-ring (bicyclic) bond motifs is 1. The maximum Gasteiger partial charge on any atom is 0.353 e. The van der Waals surface area contributed by atoms with Gasteiger partial charge in [0.2, 0.25) is 0 Å². The smallest absolute Gasteiger partial charge is 0.353 e. The second kappa shape index (κ2) is 4.46. The number of benzene rings is 1. The minimum Gasteiger partial charge on any atom is -0.478 e. The molecule has 3 N–H and O–H groups in total. The quantitative estimate of drug-likeness (QED) is 0.724. The van der Waals surface area contributed by atoms with Crippen LogP contribution in [-0.4, -0.2) is 26.7 Å². The van der Waals surface area contributed by atoms with Gasteiger partial charge in [-0.1, -0.05) is 23.5 Å². The predicted molar refractivity (Wildman–Crippen MR) is 65.2 cm³/mol. The molecule has 1 heterocycles. The van der Waals surface area contributed by atoms with Gasteiger partial charge in [-0.25, -0.2) is 9.59 Å². The molecule has 0 unspecified atom stereocenters. The van der Waals surface area contributed by atoms with Crippen LogP contribution in [0.15, 0.2) is 30.3 Å². The summed E-state index contributed by atoms with van der Waals surface area (Å²) in [6, 6.07) is 6.85. The molecule has 6 nitrogen and oxygen atoms in total. The minimum atomic E-state index is -1.39. The van der Waals surface area contributed by atoms with Gasteiger partial charge in [0.25, 0.3) is 0 Å². The van der Waals surface area contributed by atoms with E-state index in [0.29, 0.717) is 11.6 Å². The summed E-state index contributed by atoms with van der Waals surface area (Å²) in [5.74, 6) is -2.76. The van der Waals surface area contributed by atoms with Gasteiger partial charge < -0.3 is 10.2 Å². The largest absolute Gasteiger partial charge is 0.478 e. The monoisotopic (exact) mass is 264 g/mol. The van der Waals surface area contributed by atoms with E-state index in [2.05, 4.69) is 0 Å². The van der Waals surface area contributed by atoms with E-state index in [1.807, 2.05) is 0 Å². The van der Waals surface area contributed by atoms with Gasteiger partial charge in [-0.15, -0.1) is 0 Å². The van der Waals surface area contributed by atoms with Crippen LogP contribution in [0.2, 0.25) is 0 Å². The lowest BCUT2D eigenvalue weighted by atomic mass is 10.3. The van der Waals surface area contributed by atoms with Gasteiger partial charge in [0.1, 0.15) is 5.70 Å². The number of hydrogen-bond donors (Lipinski definition) is 3. The Morgan fingerprint density at radius 2 is 1.94 bits per heavy atom. The number of aromatic nitrogens is 1. The molecule has 0 amide bonds. The van der Waals surface area contributed by atoms with Crippen LogP contribution in [0.1, 0.15) is 0 Å². The van der Waals surface area contributed by atoms with Gasteiger partial charge in [0.05, 0.1) is 16.3 Å². The number of nitrogens with zero attached hydrogens (tertiary/aromatic N) is 1. The predicted octanol–water partition coefficient (Wildman–Crippen LogP) is 1.19. The number of nitrogens with one attached hydrogen (secondary N) is 1. The first-order valence-corrected chi connectivity index (χ1v) is 5.66. The molecule has 2 rings (SSSR count). The topological polar surface area (TPSA) is 103 Å². The minimum absolute atomic E-state index is 0.0360. The Kier molecular flexibility index (Phi) is 2.99. The normalized spacial score (nSPS) is 11.7. The SMILES string of the molecule is N=c1sc2ccccc2n1/C(=C/C(=O)O)C(=O)O. The van der Waals surface area contributed by atoms with Crippen LogP contribution >= 0.6 is 11.3 Å². The van der Waals surface area contributed by atoms with E-state index in [-0.39, 0.29) is 4.80 Å². The molecule has 0 spiro atoms. The van der Waals surface area contributed by atoms with Crippen molar-refractivity contribution < 1.29 is 19.8 Å². The number of rotatable bonds is 3. The van der Waals surface area contributed by atoms with Gasteiger partial charge in [0.15, 0.2) is 4.80 Å². The maximum absolute atomic E-state index is 11.1. The number of carboxylic acid groups (broad SMARTS) is 2. The van der Waals surface area contributed by atoms with Crippen molar-refractivity contribution in [3.8, 4) is 0 Å². The highest BCUT2D eigenvalue weighted by Crippen LogP contribution is 2.19. The van der Waals surface area contributed by atoms with Crippen molar-refractivity contribution >= 4 is 39.2 Å². The van der Waals surface area contributed by atoms with Crippen LogP contribution in [0, 0.1) is 5.41 Å². The Hall–Kier alpha value is -2.41. The molecule has 0 bridgehead atoms. The molecule has 0 saturated heterocycles. The van der Waals surface area contributed by atoms with Crippen LogP contribution in [0.5, 0.6) is 0 Å². The number of para-hydroxylation sites is 1. The zero-order valence-electron chi connectivity index (χ0n) is 8.95.